The molecule has 0 saturated heterocycles. The molecular formula is C7H18S4. The highest BCUT2D eigenvalue weighted by Gasteiger charge is 1.98. The van der Waals surface area contributed by atoms with Crippen LogP contribution in [0.15, 0.2) is 0 Å². The van der Waals surface area contributed by atoms with E-state index in [4.69, 9.17) is 0 Å². The normalized spacial score (nSPS) is 10.4. The molecule has 0 bridgehead atoms. The first-order valence-electron chi connectivity index (χ1n) is 3.28. The van der Waals surface area contributed by atoms with Crippen LogP contribution in [0.2, 0.25) is 0 Å². The Bertz CT molecular complexity index is 62.8. The van der Waals surface area contributed by atoms with Crippen LogP contribution in [0.5, 0.6) is 0 Å². The van der Waals surface area contributed by atoms with Gasteiger partial charge in [0.25, 0.3) is 0 Å². The van der Waals surface area contributed by atoms with Crippen LogP contribution < -0.4 is 0 Å². The van der Waals surface area contributed by atoms with E-state index in [0.29, 0.717) is 0 Å². The van der Waals surface area contributed by atoms with E-state index in [-0.39, 0.29) is 7.43 Å². The molecule has 0 fully saturated rings. The molecule has 0 nitrogen and oxygen atoms in total. The second-order valence-electron chi connectivity index (χ2n) is 2.43. The molecule has 4 heteroatoms. The van der Waals surface area contributed by atoms with Gasteiger partial charge in [-0.3, -0.25) is 0 Å². The first-order valence-corrected chi connectivity index (χ1v) is 8.22. The van der Waals surface area contributed by atoms with Crippen molar-refractivity contribution in [3.63, 3.8) is 0 Å². The second-order valence-corrected chi connectivity index (χ2v) is 9.39. The van der Waals surface area contributed by atoms with Crippen LogP contribution in [0.4, 0.5) is 0 Å². The van der Waals surface area contributed by atoms with Crippen molar-refractivity contribution in [1.82, 2.24) is 0 Å². The van der Waals surface area contributed by atoms with Crippen molar-refractivity contribution in [2.24, 2.45) is 0 Å². The Labute approximate surface area is 86.6 Å². The Morgan fingerprint density at radius 2 is 1.00 bits per heavy atom. The van der Waals surface area contributed by atoms with Crippen LogP contribution in [0.3, 0.4) is 0 Å². The van der Waals surface area contributed by atoms with Crippen molar-refractivity contribution >= 4 is 41.2 Å². The SMILES string of the molecule is C.CC(C)SSSSC(C)C. The molecule has 0 aliphatic heterocycles. The molecule has 0 aromatic carbocycles. The van der Waals surface area contributed by atoms with Gasteiger partial charge in [0.1, 0.15) is 0 Å². The fourth-order valence-electron chi connectivity index (χ4n) is 0.189. The number of hydrogen-bond acceptors (Lipinski definition) is 4. The Kier molecular flexibility index (Phi) is 12.9. The summed E-state index contributed by atoms with van der Waals surface area (Å²) in [5, 5.41) is 1.48. The van der Waals surface area contributed by atoms with E-state index in [2.05, 4.69) is 27.7 Å². The van der Waals surface area contributed by atoms with Gasteiger partial charge in [-0.2, -0.15) is 0 Å². The van der Waals surface area contributed by atoms with Crippen LogP contribution in [-0.2, 0) is 0 Å². The summed E-state index contributed by atoms with van der Waals surface area (Å²) >= 11 is 0. The zero-order valence-corrected chi connectivity index (χ0v) is 10.1. The molecule has 0 amide bonds. The lowest BCUT2D eigenvalue weighted by Crippen LogP contribution is -1.80. The highest BCUT2D eigenvalue weighted by atomic mass is 33.7. The maximum Gasteiger partial charge on any atom is 0.0103 e. The minimum absolute atomic E-state index is 0. The zero-order valence-electron chi connectivity index (χ0n) is 6.79. The second kappa shape index (κ2) is 9.49. The van der Waals surface area contributed by atoms with Gasteiger partial charge in [-0.15, -0.1) is 0 Å². The molecule has 0 aliphatic rings. The van der Waals surface area contributed by atoms with E-state index >= 15 is 0 Å². The van der Waals surface area contributed by atoms with Gasteiger partial charge in [0.15, 0.2) is 0 Å². The minimum atomic E-state index is 0. The molecule has 0 N–H and O–H groups in total. The predicted molar refractivity (Wildman–Crippen MR) is 67.4 cm³/mol. The maximum atomic E-state index is 2.22. The predicted octanol–water partition coefficient (Wildman–Crippen LogP) is 5.12. The van der Waals surface area contributed by atoms with Crippen molar-refractivity contribution in [3.05, 3.63) is 0 Å². The number of hydrogen-bond donors (Lipinski definition) is 0. The van der Waals surface area contributed by atoms with Crippen LogP contribution in [-0.4, -0.2) is 10.5 Å². The van der Waals surface area contributed by atoms with Crippen LogP contribution in [0.1, 0.15) is 35.1 Å². The fourth-order valence-corrected chi connectivity index (χ4v) is 6.84. The summed E-state index contributed by atoms with van der Waals surface area (Å²) in [4.78, 5) is 0. The Balaban J connectivity index is 0. The van der Waals surface area contributed by atoms with Crippen molar-refractivity contribution in [3.8, 4) is 0 Å². The molecule has 70 valence electrons. The summed E-state index contributed by atoms with van der Waals surface area (Å²) in [5.74, 6) is 0. The summed E-state index contributed by atoms with van der Waals surface area (Å²) in [6, 6.07) is 0. The van der Waals surface area contributed by atoms with Crippen molar-refractivity contribution in [2.75, 3.05) is 0 Å². The van der Waals surface area contributed by atoms with Gasteiger partial charge < -0.3 is 0 Å². The Morgan fingerprint density at radius 3 is 1.18 bits per heavy atom. The summed E-state index contributed by atoms with van der Waals surface area (Å²) in [6.45, 7) is 8.88. The van der Waals surface area contributed by atoms with Crippen LogP contribution >= 0.6 is 41.2 Å². The highest BCUT2D eigenvalue weighted by molar-refractivity contribution is 9.26. The first-order chi connectivity index (χ1) is 4.63. The third-order valence-corrected chi connectivity index (χ3v) is 7.84. The Hall–Kier alpha value is 1.40. The summed E-state index contributed by atoms with van der Waals surface area (Å²) in [6.07, 6.45) is 0. The maximum absolute atomic E-state index is 2.22. The molecular weight excluding hydrogens is 212 g/mol. The van der Waals surface area contributed by atoms with Crippen molar-refractivity contribution in [1.29, 1.82) is 0 Å². The molecule has 0 aliphatic carbocycles. The lowest BCUT2D eigenvalue weighted by molar-refractivity contribution is 1.12. The molecule has 0 aromatic heterocycles. The highest BCUT2D eigenvalue weighted by Crippen LogP contribution is 2.46. The van der Waals surface area contributed by atoms with Crippen LogP contribution in [0, 0.1) is 0 Å². The zero-order chi connectivity index (χ0) is 7.98. The monoisotopic (exact) mass is 230 g/mol. The van der Waals surface area contributed by atoms with E-state index in [9.17, 15) is 0 Å². The smallest absolute Gasteiger partial charge is 0.0103 e. The van der Waals surface area contributed by atoms with E-state index < -0.39 is 0 Å². The van der Waals surface area contributed by atoms with Crippen molar-refractivity contribution in [2.45, 2.75) is 45.6 Å². The molecule has 0 atom stereocenters. The van der Waals surface area contributed by atoms with E-state index in [1.807, 2.05) is 41.2 Å². The quantitative estimate of drug-likeness (QED) is 0.475. The standard InChI is InChI=1S/C6H14S4.CH4/c1-5(2)7-9-10-8-6(3)4;/h5-6H,1-4H3;1H4. The van der Waals surface area contributed by atoms with Gasteiger partial charge in [-0.05, 0) is 19.7 Å². The minimum Gasteiger partial charge on any atom is -0.0789 e. The average molecular weight is 230 g/mol. The van der Waals surface area contributed by atoms with E-state index in [1.54, 1.807) is 0 Å². The summed E-state index contributed by atoms with van der Waals surface area (Å²) in [5.41, 5.74) is 0. The lowest BCUT2D eigenvalue weighted by atomic mass is 10.6. The summed E-state index contributed by atoms with van der Waals surface area (Å²) < 4.78 is 0. The van der Waals surface area contributed by atoms with E-state index in [0.717, 1.165) is 10.5 Å². The number of rotatable bonds is 5. The Morgan fingerprint density at radius 1 is 0.727 bits per heavy atom. The largest absolute Gasteiger partial charge is 0.0789 e. The third-order valence-electron chi connectivity index (χ3n) is 0.491. The molecule has 0 unspecified atom stereocenters. The van der Waals surface area contributed by atoms with Crippen molar-refractivity contribution < 1.29 is 0 Å². The third kappa shape index (κ3) is 14.3. The van der Waals surface area contributed by atoms with Gasteiger partial charge in [0.2, 0.25) is 0 Å². The summed E-state index contributed by atoms with van der Waals surface area (Å²) in [7, 11) is 7.64. The molecule has 0 heterocycles. The lowest BCUT2D eigenvalue weighted by Gasteiger charge is -2.03. The van der Waals surface area contributed by atoms with Gasteiger partial charge in [0.05, 0.1) is 0 Å². The molecule has 0 radical (unpaired) electrons. The molecule has 0 aromatic rings. The van der Waals surface area contributed by atoms with E-state index in [1.165, 1.54) is 0 Å². The van der Waals surface area contributed by atoms with Gasteiger partial charge in [-0.1, -0.05) is 56.7 Å². The molecule has 11 heavy (non-hydrogen) atoms. The molecule has 0 saturated carbocycles. The molecule has 0 rings (SSSR count). The topological polar surface area (TPSA) is 0 Å². The van der Waals surface area contributed by atoms with Gasteiger partial charge in [0, 0.05) is 10.5 Å². The fraction of sp³-hybridized carbons (Fsp3) is 1.00. The first kappa shape index (κ1) is 14.9. The van der Waals surface area contributed by atoms with Gasteiger partial charge >= 0.3 is 0 Å². The van der Waals surface area contributed by atoms with Gasteiger partial charge in [-0.25, -0.2) is 0 Å². The van der Waals surface area contributed by atoms with Crippen LogP contribution in [0.25, 0.3) is 0 Å². The molecule has 0 spiro atoms. The average Bonchev–Trinajstić information content (AvgIpc) is 1.79.